The third-order valence-electron chi connectivity index (χ3n) is 6.85. The van der Waals surface area contributed by atoms with E-state index in [1.807, 2.05) is 39.8 Å². The zero-order valence-electron chi connectivity index (χ0n) is 24.7. The van der Waals surface area contributed by atoms with Gasteiger partial charge in [-0.1, -0.05) is 6.07 Å². The lowest BCUT2D eigenvalue weighted by molar-refractivity contribution is 0.0126. The van der Waals surface area contributed by atoms with Crippen LogP contribution in [0.4, 0.5) is 16.4 Å². The summed E-state index contributed by atoms with van der Waals surface area (Å²) in [6, 6.07) is 10.7. The van der Waals surface area contributed by atoms with Crippen LogP contribution < -0.4 is 20.1 Å². The van der Waals surface area contributed by atoms with E-state index in [9.17, 15) is 14.4 Å². The van der Waals surface area contributed by atoms with E-state index < -0.39 is 17.4 Å². The lowest BCUT2D eigenvalue weighted by Gasteiger charge is -2.33. The fraction of sp³-hybridized carbons (Fsp3) is 0.367. The minimum Gasteiger partial charge on any atom is -0.494 e. The lowest BCUT2D eigenvalue weighted by Crippen LogP contribution is -2.44. The van der Waals surface area contributed by atoms with Crippen LogP contribution >= 0.6 is 0 Å². The third kappa shape index (κ3) is 6.88. The predicted octanol–water partition coefficient (Wildman–Crippen LogP) is 4.89. The molecule has 0 radical (unpaired) electrons. The van der Waals surface area contributed by atoms with Gasteiger partial charge in [-0.3, -0.25) is 14.9 Å². The number of H-pyrrole nitrogens is 2. The molecule has 1 saturated heterocycles. The number of nitrogens with one attached hydrogen (secondary N) is 4. The number of hydrogen-bond donors (Lipinski definition) is 4. The number of fused-ring (bicyclic) bond motifs is 1. The highest BCUT2D eigenvalue weighted by molar-refractivity contribution is 6.13. The first-order chi connectivity index (χ1) is 20.5. The van der Waals surface area contributed by atoms with Gasteiger partial charge in [-0.2, -0.15) is 0 Å². The van der Waals surface area contributed by atoms with Crippen molar-refractivity contribution < 1.29 is 28.6 Å². The first-order valence-electron chi connectivity index (χ1n) is 13.9. The van der Waals surface area contributed by atoms with Gasteiger partial charge in [0.2, 0.25) is 5.95 Å². The number of ether oxygens (including phenoxy) is 3. The Labute approximate surface area is 248 Å². The molecule has 4 aromatic rings. The highest BCUT2D eigenvalue weighted by Crippen LogP contribution is 2.27. The van der Waals surface area contributed by atoms with Crippen LogP contribution in [0.3, 0.4) is 0 Å². The van der Waals surface area contributed by atoms with Crippen molar-refractivity contribution in [1.82, 2.24) is 24.8 Å². The number of anilines is 2. The fourth-order valence-electron chi connectivity index (χ4n) is 4.75. The average Bonchev–Trinajstić information content (AvgIpc) is 3.61. The van der Waals surface area contributed by atoms with Gasteiger partial charge in [-0.25, -0.2) is 14.8 Å². The number of amides is 3. The van der Waals surface area contributed by atoms with Crippen molar-refractivity contribution >= 4 is 40.6 Å². The van der Waals surface area contributed by atoms with Gasteiger partial charge in [0.25, 0.3) is 11.8 Å². The molecule has 1 aliphatic rings. The molecule has 13 nitrogen and oxygen atoms in total. The SMILES string of the molecule is COc1cccc2[nH]c(NC(=O)c3[nH]cnc3C(=O)Nc3ccc(OC4CCN(C(=O)OC(C)(C)C)CC4)cc3C)nc12. The largest absolute Gasteiger partial charge is 0.494 e. The van der Waals surface area contributed by atoms with E-state index >= 15 is 0 Å². The van der Waals surface area contributed by atoms with Crippen LogP contribution in [-0.2, 0) is 4.74 Å². The molecule has 5 rings (SSSR count). The van der Waals surface area contributed by atoms with Crippen molar-refractivity contribution in [1.29, 1.82) is 0 Å². The molecule has 43 heavy (non-hydrogen) atoms. The molecule has 3 heterocycles. The molecule has 226 valence electrons. The Balaban J connectivity index is 1.18. The number of aromatic nitrogens is 4. The number of methoxy groups -OCH3 is 1. The van der Waals surface area contributed by atoms with Crippen LogP contribution in [0, 0.1) is 6.92 Å². The molecule has 0 spiro atoms. The van der Waals surface area contributed by atoms with Gasteiger partial charge in [0.1, 0.15) is 34.4 Å². The summed E-state index contributed by atoms with van der Waals surface area (Å²) < 4.78 is 16.9. The maximum atomic E-state index is 13.1. The van der Waals surface area contributed by atoms with Gasteiger partial charge in [-0.05, 0) is 63.6 Å². The average molecular weight is 590 g/mol. The van der Waals surface area contributed by atoms with Crippen LogP contribution in [0.15, 0.2) is 42.7 Å². The highest BCUT2D eigenvalue weighted by atomic mass is 16.6. The molecular weight excluding hydrogens is 554 g/mol. The molecule has 0 aliphatic carbocycles. The molecular formula is C30H35N7O6. The van der Waals surface area contributed by atoms with Crippen LogP contribution in [0.5, 0.6) is 11.5 Å². The Hall–Kier alpha value is -5.07. The Morgan fingerprint density at radius 1 is 1.05 bits per heavy atom. The summed E-state index contributed by atoms with van der Waals surface area (Å²) in [5, 5.41) is 5.48. The van der Waals surface area contributed by atoms with Crippen molar-refractivity contribution in [3.8, 4) is 11.5 Å². The minimum atomic E-state index is -0.584. The summed E-state index contributed by atoms with van der Waals surface area (Å²) in [4.78, 5) is 54.3. The second-order valence-electron chi connectivity index (χ2n) is 11.2. The molecule has 3 amide bonds. The Morgan fingerprint density at radius 2 is 1.81 bits per heavy atom. The van der Waals surface area contributed by atoms with E-state index in [1.165, 1.54) is 6.33 Å². The second kappa shape index (κ2) is 12.0. The lowest BCUT2D eigenvalue weighted by atomic mass is 10.1. The Bertz CT molecular complexity index is 1650. The molecule has 0 atom stereocenters. The van der Waals surface area contributed by atoms with Gasteiger partial charge in [0, 0.05) is 31.6 Å². The number of aromatic amines is 2. The topological polar surface area (TPSA) is 164 Å². The quantitative estimate of drug-likeness (QED) is 0.237. The van der Waals surface area contributed by atoms with E-state index in [0.717, 1.165) is 5.56 Å². The Morgan fingerprint density at radius 3 is 2.51 bits per heavy atom. The summed E-state index contributed by atoms with van der Waals surface area (Å²) in [7, 11) is 1.54. The number of carbonyl (C=O) groups is 3. The summed E-state index contributed by atoms with van der Waals surface area (Å²) in [6.45, 7) is 8.50. The van der Waals surface area contributed by atoms with E-state index in [1.54, 1.807) is 36.3 Å². The number of para-hydroxylation sites is 1. The maximum absolute atomic E-state index is 13.1. The van der Waals surface area contributed by atoms with Gasteiger partial charge in [-0.15, -0.1) is 0 Å². The monoisotopic (exact) mass is 589 g/mol. The zero-order valence-corrected chi connectivity index (χ0v) is 24.7. The van der Waals surface area contributed by atoms with Crippen LogP contribution in [0.1, 0.15) is 60.2 Å². The first-order valence-corrected chi connectivity index (χ1v) is 13.9. The normalized spacial score (nSPS) is 13.9. The van der Waals surface area contributed by atoms with Gasteiger partial charge in [0.15, 0.2) is 5.69 Å². The third-order valence-corrected chi connectivity index (χ3v) is 6.85. The zero-order chi connectivity index (χ0) is 30.7. The van der Waals surface area contributed by atoms with Crippen LogP contribution in [-0.4, -0.2) is 74.6 Å². The van der Waals surface area contributed by atoms with Crippen molar-refractivity contribution in [2.45, 2.75) is 52.2 Å². The van der Waals surface area contributed by atoms with Crippen molar-refractivity contribution in [2.75, 3.05) is 30.8 Å². The summed E-state index contributed by atoms with van der Waals surface area (Å²) in [6.07, 6.45) is 2.29. The summed E-state index contributed by atoms with van der Waals surface area (Å²) >= 11 is 0. The minimum absolute atomic E-state index is 0.0137. The van der Waals surface area contributed by atoms with E-state index in [0.29, 0.717) is 54.2 Å². The maximum Gasteiger partial charge on any atom is 0.410 e. The summed E-state index contributed by atoms with van der Waals surface area (Å²) in [5.74, 6) is 0.287. The van der Waals surface area contributed by atoms with Crippen LogP contribution in [0.25, 0.3) is 11.0 Å². The fourth-order valence-corrected chi connectivity index (χ4v) is 4.75. The van der Waals surface area contributed by atoms with Crippen molar-refractivity contribution in [2.24, 2.45) is 0 Å². The van der Waals surface area contributed by atoms with E-state index in [-0.39, 0.29) is 29.5 Å². The predicted molar refractivity (Wildman–Crippen MR) is 160 cm³/mol. The molecule has 13 heteroatoms. The molecule has 0 saturated carbocycles. The molecule has 1 fully saturated rings. The standard InChI is InChI=1S/C30H35N7O6/c1-17-15-19(42-18-11-13-37(14-12-18)29(40)43-30(2,3)4)9-10-20(17)33-26(38)24-25(32-16-31-24)27(39)36-28-34-21-7-6-8-22(41-5)23(21)35-28/h6-10,15-16,18H,11-14H2,1-5H3,(H,31,32)(H,33,38)(H2,34,35,36,39). The first kappa shape index (κ1) is 29.4. The number of imidazole rings is 2. The number of carbonyl (C=O) groups excluding carboxylic acids is 3. The molecule has 2 aromatic heterocycles. The van der Waals surface area contributed by atoms with Crippen molar-refractivity contribution in [3.05, 3.63) is 59.7 Å². The number of piperidine rings is 1. The number of nitrogens with zero attached hydrogens (tertiary/aromatic N) is 3. The number of hydrogen-bond acceptors (Lipinski definition) is 8. The Kier molecular flexibility index (Phi) is 8.24. The van der Waals surface area contributed by atoms with Gasteiger partial charge >= 0.3 is 6.09 Å². The second-order valence-corrected chi connectivity index (χ2v) is 11.2. The highest BCUT2D eigenvalue weighted by Gasteiger charge is 2.28. The number of rotatable bonds is 7. The molecule has 0 bridgehead atoms. The number of aryl methyl sites for hydroxylation is 1. The smallest absolute Gasteiger partial charge is 0.410 e. The van der Waals surface area contributed by atoms with Crippen LogP contribution in [0.2, 0.25) is 0 Å². The van der Waals surface area contributed by atoms with E-state index in [2.05, 4.69) is 30.6 Å². The van der Waals surface area contributed by atoms with Crippen molar-refractivity contribution in [3.63, 3.8) is 0 Å². The molecule has 2 aromatic carbocycles. The van der Waals surface area contributed by atoms with E-state index in [4.69, 9.17) is 14.2 Å². The summed E-state index contributed by atoms with van der Waals surface area (Å²) in [5.41, 5.74) is 1.96. The molecule has 0 unspecified atom stereocenters. The molecule has 4 N–H and O–H groups in total. The molecule has 1 aliphatic heterocycles. The number of benzene rings is 2. The number of likely N-dealkylation sites (tertiary alicyclic amines) is 1. The van der Waals surface area contributed by atoms with Gasteiger partial charge < -0.3 is 34.4 Å². The van der Waals surface area contributed by atoms with Gasteiger partial charge in [0.05, 0.1) is 19.0 Å².